The van der Waals surface area contributed by atoms with E-state index in [-0.39, 0.29) is 17.2 Å². The first kappa shape index (κ1) is 27.9. The van der Waals surface area contributed by atoms with Gasteiger partial charge in [-0.1, -0.05) is 18.2 Å². The lowest BCUT2D eigenvalue weighted by atomic mass is 10.1. The van der Waals surface area contributed by atoms with Crippen molar-refractivity contribution in [2.45, 2.75) is 12.6 Å². The molecule has 3 aromatic rings. The zero-order valence-corrected chi connectivity index (χ0v) is 19.9. The minimum Gasteiger partial charge on any atom is -0.478 e. The zero-order chi connectivity index (χ0) is 27.7. The van der Waals surface area contributed by atoms with Crippen LogP contribution in [0.3, 0.4) is 0 Å². The van der Waals surface area contributed by atoms with Crippen molar-refractivity contribution in [1.29, 1.82) is 0 Å². The van der Waals surface area contributed by atoms with Gasteiger partial charge in [-0.15, -0.1) is 0 Å². The van der Waals surface area contributed by atoms with Gasteiger partial charge in [0.15, 0.2) is 0 Å². The smallest absolute Gasteiger partial charge is 0.478 e. The Bertz CT molecular complexity index is 1260. The number of hydrogen-bond donors (Lipinski definition) is 3. The first-order valence-electron chi connectivity index (χ1n) is 11.4. The number of anilines is 3. The van der Waals surface area contributed by atoms with E-state index in [1.165, 1.54) is 0 Å². The van der Waals surface area contributed by atoms with Crippen molar-refractivity contribution >= 4 is 35.2 Å². The second kappa shape index (κ2) is 12.5. The van der Waals surface area contributed by atoms with Crippen molar-refractivity contribution in [3.05, 3.63) is 78.1 Å². The van der Waals surface area contributed by atoms with Gasteiger partial charge in [-0.25, -0.2) is 19.6 Å². The van der Waals surface area contributed by atoms with Crippen LogP contribution in [0.15, 0.2) is 67.0 Å². The van der Waals surface area contributed by atoms with Crippen molar-refractivity contribution in [1.82, 2.24) is 9.97 Å². The lowest BCUT2D eigenvalue weighted by Crippen LogP contribution is -2.31. The summed E-state index contributed by atoms with van der Waals surface area (Å²) in [4.78, 5) is 46.2. The second-order valence-corrected chi connectivity index (χ2v) is 8.03. The van der Waals surface area contributed by atoms with Gasteiger partial charge in [-0.05, 0) is 42.8 Å². The molecule has 4 rings (SSSR count). The maximum absolute atomic E-state index is 12.5. The molecule has 0 unspecified atom stereocenters. The minimum absolute atomic E-state index is 0.0641. The third kappa shape index (κ3) is 7.66. The quantitative estimate of drug-likeness (QED) is 0.449. The second-order valence-electron chi connectivity index (χ2n) is 8.03. The van der Waals surface area contributed by atoms with Crippen LogP contribution in [-0.2, 0) is 4.79 Å². The van der Waals surface area contributed by atoms with Crippen LogP contribution < -0.4 is 15.1 Å². The number of hydrogen-bond acceptors (Lipinski definition) is 7. The van der Waals surface area contributed by atoms with E-state index >= 15 is 0 Å². The minimum atomic E-state index is -5.08. The molecule has 1 fully saturated rings. The number of carbonyl (C=O) groups excluding carboxylic acids is 1. The molecule has 38 heavy (non-hydrogen) atoms. The summed E-state index contributed by atoms with van der Waals surface area (Å²) in [7, 11) is 0. The third-order valence-electron chi connectivity index (χ3n) is 5.46. The topological polar surface area (TPSA) is 136 Å². The standard InChI is InChI=1S/C23H23N5O3.C2HF3O2/c29-21(17-6-2-1-3-7-17)26-20-9-8-18(16-19(20)22(30)31)27-12-5-13-28(15-14-27)23-24-10-4-11-25-23;3-2(4,5)1(6)7/h1-4,6-11,16H,5,12-15H2,(H,26,29)(H,30,31);(H,6,7). The largest absolute Gasteiger partial charge is 0.490 e. The molecule has 0 atom stereocenters. The Morgan fingerprint density at radius 2 is 1.45 bits per heavy atom. The predicted octanol–water partition coefficient (Wildman–Crippen LogP) is 3.78. The molecule has 2 aromatic carbocycles. The number of nitrogens with zero attached hydrogens (tertiary/aromatic N) is 4. The van der Waals surface area contributed by atoms with E-state index in [1.54, 1.807) is 54.9 Å². The highest BCUT2D eigenvalue weighted by atomic mass is 19.4. The number of carbonyl (C=O) groups is 3. The summed E-state index contributed by atoms with van der Waals surface area (Å²) in [6, 6.07) is 15.6. The van der Waals surface area contributed by atoms with Gasteiger partial charge in [0, 0.05) is 49.8 Å². The van der Waals surface area contributed by atoms with Crippen LogP contribution in [-0.4, -0.2) is 70.4 Å². The number of aliphatic carboxylic acids is 1. The average molecular weight is 531 g/mol. The van der Waals surface area contributed by atoms with Gasteiger partial charge in [-0.3, -0.25) is 4.79 Å². The van der Waals surface area contributed by atoms with Crippen molar-refractivity contribution < 1.29 is 37.8 Å². The summed E-state index contributed by atoms with van der Waals surface area (Å²) in [5.74, 6) is -3.48. The summed E-state index contributed by atoms with van der Waals surface area (Å²) < 4.78 is 31.7. The Kier molecular flexibility index (Phi) is 9.19. The Labute approximate surface area is 215 Å². The van der Waals surface area contributed by atoms with E-state index in [0.29, 0.717) is 18.1 Å². The van der Waals surface area contributed by atoms with Crippen molar-refractivity contribution in [2.75, 3.05) is 41.3 Å². The molecule has 1 aliphatic rings. The highest BCUT2D eigenvalue weighted by molar-refractivity contribution is 6.08. The Morgan fingerprint density at radius 1 is 0.842 bits per heavy atom. The van der Waals surface area contributed by atoms with Crippen molar-refractivity contribution in [3.8, 4) is 0 Å². The Balaban J connectivity index is 0.000000505. The van der Waals surface area contributed by atoms with Crippen LogP contribution in [0.25, 0.3) is 0 Å². The lowest BCUT2D eigenvalue weighted by Gasteiger charge is -2.24. The molecule has 0 aliphatic carbocycles. The van der Waals surface area contributed by atoms with E-state index in [9.17, 15) is 27.9 Å². The van der Waals surface area contributed by atoms with E-state index in [4.69, 9.17) is 9.90 Å². The molecule has 1 aliphatic heterocycles. The molecule has 1 saturated heterocycles. The monoisotopic (exact) mass is 531 g/mol. The Morgan fingerprint density at radius 3 is 2.05 bits per heavy atom. The number of carboxylic acid groups (broad SMARTS) is 2. The molecule has 1 aromatic heterocycles. The summed E-state index contributed by atoms with van der Waals surface area (Å²) in [6.45, 7) is 3.07. The third-order valence-corrected chi connectivity index (χ3v) is 5.46. The van der Waals surface area contributed by atoms with Crippen LogP contribution in [0.1, 0.15) is 27.1 Å². The van der Waals surface area contributed by atoms with Crippen LogP contribution in [0.4, 0.5) is 30.5 Å². The molecule has 0 bridgehead atoms. The number of rotatable bonds is 5. The van der Waals surface area contributed by atoms with Crippen LogP contribution in [0.2, 0.25) is 0 Å². The van der Waals surface area contributed by atoms with E-state index < -0.39 is 18.1 Å². The van der Waals surface area contributed by atoms with E-state index in [1.807, 2.05) is 12.1 Å². The first-order chi connectivity index (χ1) is 18.1. The number of aromatic nitrogens is 2. The fraction of sp³-hybridized carbons (Fsp3) is 0.240. The van der Waals surface area contributed by atoms with Gasteiger partial charge in [-0.2, -0.15) is 13.2 Å². The van der Waals surface area contributed by atoms with Gasteiger partial charge < -0.3 is 25.3 Å². The molecular formula is C25H24F3N5O5. The average Bonchev–Trinajstić information content (AvgIpc) is 3.16. The first-order valence-corrected chi connectivity index (χ1v) is 11.4. The Hall–Kier alpha value is -4.68. The summed E-state index contributed by atoms with van der Waals surface area (Å²) in [5.41, 5.74) is 1.62. The highest BCUT2D eigenvalue weighted by Crippen LogP contribution is 2.25. The molecule has 10 nitrogen and oxygen atoms in total. The van der Waals surface area contributed by atoms with Gasteiger partial charge in [0.2, 0.25) is 5.95 Å². The van der Waals surface area contributed by atoms with Crippen molar-refractivity contribution in [2.24, 2.45) is 0 Å². The van der Waals surface area contributed by atoms with E-state index in [0.717, 1.165) is 31.7 Å². The molecular weight excluding hydrogens is 507 g/mol. The lowest BCUT2D eigenvalue weighted by molar-refractivity contribution is -0.192. The number of alkyl halides is 3. The summed E-state index contributed by atoms with van der Waals surface area (Å²) >= 11 is 0. The number of halogens is 3. The maximum Gasteiger partial charge on any atom is 0.490 e. The maximum atomic E-state index is 12.5. The fourth-order valence-electron chi connectivity index (χ4n) is 3.63. The molecule has 0 saturated carbocycles. The molecule has 2 heterocycles. The summed E-state index contributed by atoms with van der Waals surface area (Å²) in [5, 5.41) is 19.6. The molecule has 1 amide bonds. The number of nitrogens with one attached hydrogen (secondary N) is 1. The van der Waals surface area contributed by atoms with Crippen LogP contribution in [0, 0.1) is 0 Å². The van der Waals surface area contributed by atoms with Crippen LogP contribution >= 0.6 is 0 Å². The molecule has 0 spiro atoms. The highest BCUT2D eigenvalue weighted by Gasteiger charge is 2.38. The normalized spacial score (nSPS) is 13.6. The number of benzene rings is 2. The zero-order valence-electron chi connectivity index (χ0n) is 19.9. The van der Waals surface area contributed by atoms with Crippen LogP contribution in [0.5, 0.6) is 0 Å². The number of carboxylic acids is 2. The van der Waals surface area contributed by atoms with Gasteiger partial charge in [0.05, 0.1) is 11.3 Å². The molecule has 0 radical (unpaired) electrons. The SMILES string of the molecule is O=C(Nc1ccc(N2CCCN(c3ncccn3)CC2)cc1C(=O)O)c1ccccc1.O=C(O)C(F)(F)F. The van der Waals surface area contributed by atoms with Gasteiger partial charge in [0.1, 0.15) is 0 Å². The molecule has 200 valence electrons. The fourth-order valence-corrected chi connectivity index (χ4v) is 3.63. The number of aromatic carboxylic acids is 1. The van der Waals surface area contributed by atoms with Crippen molar-refractivity contribution in [3.63, 3.8) is 0 Å². The molecule has 3 N–H and O–H groups in total. The van der Waals surface area contributed by atoms with E-state index in [2.05, 4.69) is 25.1 Å². The number of amides is 1. The predicted molar refractivity (Wildman–Crippen MR) is 133 cm³/mol. The van der Waals surface area contributed by atoms with Gasteiger partial charge >= 0.3 is 18.1 Å². The molecule has 13 heteroatoms. The van der Waals surface area contributed by atoms with Gasteiger partial charge in [0.25, 0.3) is 5.91 Å². The summed E-state index contributed by atoms with van der Waals surface area (Å²) in [6.07, 6.45) is -0.730.